The molecule has 1 saturated heterocycles. The number of aliphatic hydroxyl groups excluding tert-OH is 3. The van der Waals surface area contributed by atoms with E-state index in [1.165, 1.54) is 5.56 Å². The molecule has 1 fully saturated rings. The van der Waals surface area contributed by atoms with Crippen LogP contribution < -0.4 is 0 Å². The Morgan fingerprint density at radius 3 is 2.29 bits per heavy atom. The molecule has 0 amide bonds. The normalized spacial score (nSPS) is 32.9. The largest absolute Gasteiger partial charge is 0.387 e. The molecule has 1 aliphatic rings. The lowest BCUT2D eigenvalue weighted by Gasteiger charge is -2.13. The molecule has 0 spiro atoms. The molecule has 0 aromatic heterocycles. The maximum Gasteiger partial charge on any atom is 0.183 e. The van der Waals surface area contributed by atoms with Crippen molar-refractivity contribution in [2.75, 3.05) is 0 Å². The van der Waals surface area contributed by atoms with Crippen molar-refractivity contribution in [2.45, 2.75) is 43.9 Å². The number of aryl methyl sites for hydroxylation is 1. The van der Waals surface area contributed by atoms with Crippen LogP contribution in [0.4, 0.5) is 0 Å². The average molecular weight is 238 g/mol. The molecule has 4 atom stereocenters. The predicted octanol–water partition coefficient (Wildman–Crippen LogP) is 0.448. The van der Waals surface area contributed by atoms with Gasteiger partial charge in [-0.25, -0.2) is 0 Å². The predicted molar refractivity (Wildman–Crippen MR) is 62.3 cm³/mol. The number of aliphatic hydroxyl groups is 3. The second-order valence-electron chi connectivity index (χ2n) is 4.42. The zero-order chi connectivity index (χ0) is 12.3. The van der Waals surface area contributed by atoms with Crippen LogP contribution in [0.15, 0.2) is 30.3 Å². The van der Waals surface area contributed by atoms with Gasteiger partial charge in [0.25, 0.3) is 0 Å². The third kappa shape index (κ3) is 3.04. The van der Waals surface area contributed by atoms with Gasteiger partial charge >= 0.3 is 0 Å². The van der Waals surface area contributed by atoms with Crippen molar-refractivity contribution < 1.29 is 20.1 Å². The molecule has 0 saturated carbocycles. The Labute approximate surface area is 100 Å². The van der Waals surface area contributed by atoms with Gasteiger partial charge in [0, 0.05) is 0 Å². The Kier molecular flexibility index (Phi) is 4.12. The van der Waals surface area contributed by atoms with E-state index in [9.17, 15) is 15.3 Å². The summed E-state index contributed by atoms with van der Waals surface area (Å²) in [5.41, 5.74) is 1.24. The summed E-state index contributed by atoms with van der Waals surface area (Å²) in [7, 11) is 0. The summed E-state index contributed by atoms with van der Waals surface area (Å²) < 4.78 is 5.08. The van der Waals surface area contributed by atoms with Gasteiger partial charge in [-0.15, -0.1) is 0 Å². The SMILES string of the molecule is OC1O[C@H](CCCc2ccccc2)[C@H](O)[C@H]1O. The average Bonchev–Trinajstić information content (AvgIpc) is 2.59. The highest BCUT2D eigenvalue weighted by Crippen LogP contribution is 2.23. The van der Waals surface area contributed by atoms with E-state index in [2.05, 4.69) is 12.1 Å². The topological polar surface area (TPSA) is 69.9 Å². The fourth-order valence-corrected chi connectivity index (χ4v) is 2.12. The molecule has 0 bridgehead atoms. The van der Waals surface area contributed by atoms with Gasteiger partial charge in [-0.05, 0) is 24.8 Å². The monoisotopic (exact) mass is 238 g/mol. The van der Waals surface area contributed by atoms with E-state index < -0.39 is 24.6 Å². The van der Waals surface area contributed by atoms with Crippen molar-refractivity contribution >= 4 is 0 Å². The first-order valence-corrected chi connectivity index (χ1v) is 5.92. The fourth-order valence-electron chi connectivity index (χ4n) is 2.12. The highest BCUT2D eigenvalue weighted by Gasteiger charge is 2.41. The summed E-state index contributed by atoms with van der Waals surface area (Å²) >= 11 is 0. The quantitative estimate of drug-likeness (QED) is 0.712. The molecule has 0 aliphatic carbocycles. The minimum absolute atomic E-state index is 0.469. The minimum atomic E-state index is -1.26. The van der Waals surface area contributed by atoms with Crippen LogP contribution in [0.5, 0.6) is 0 Å². The standard InChI is InChI=1S/C13H18O4/c14-11-10(17-13(16)12(11)15)8-4-7-9-5-2-1-3-6-9/h1-3,5-6,10-16H,4,7-8H2/t10-,11+,12-,13?/m1/s1. The molecular weight excluding hydrogens is 220 g/mol. The van der Waals surface area contributed by atoms with E-state index in [-0.39, 0.29) is 0 Å². The van der Waals surface area contributed by atoms with E-state index >= 15 is 0 Å². The van der Waals surface area contributed by atoms with Crippen LogP contribution in [0.1, 0.15) is 18.4 Å². The van der Waals surface area contributed by atoms with Crippen LogP contribution >= 0.6 is 0 Å². The molecule has 1 aromatic carbocycles. The van der Waals surface area contributed by atoms with Crippen molar-refractivity contribution in [1.29, 1.82) is 0 Å². The summed E-state index contributed by atoms with van der Waals surface area (Å²) in [4.78, 5) is 0. The van der Waals surface area contributed by atoms with Crippen LogP contribution in [0.25, 0.3) is 0 Å². The smallest absolute Gasteiger partial charge is 0.183 e. The van der Waals surface area contributed by atoms with E-state index in [0.717, 1.165) is 12.8 Å². The molecule has 1 aliphatic heterocycles. The Morgan fingerprint density at radius 1 is 1.00 bits per heavy atom. The zero-order valence-corrected chi connectivity index (χ0v) is 9.57. The van der Waals surface area contributed by atoms with Gasteiger partial charge in [-0.3, -0.25) is 0 Å². The van der Waals surface area contributed by atoms with Gasteiger partial charge in [0.1, 0.15) is 12.2 Å². The Bertz CT molecular complexity index is 341. The Morgan fingerprint density at radius 2 is 1.71 bits per heavy atom. The number of benzene rings is 1. The molecule has 4 nitrogen and oxygen atoms in total. The summed E-state index contributed by atoms with van der Waals surface area (Å²) in [6.07, 6.45) is -1.51. The molecule has 4 heteroatoms. The molecule has 1 heterocycles. The summed E-state index contributed by atoms with van der Waals surface area (Å²) in [5, 5.41) is 28.1. The molecule has 17 heavy (non-hydrogen) atoms. The van der Waals surface area contributed by atoms with Crippen molar-refractivity contribution in [1.82, 2.24) is 0 Å². The Hall–Kier alpha value is -0.940. The zero-order valence-electron chi connectivity index (χ0n) is 9.57. The van der Waals surface area contributed by atoms with Gasteiger partial charge in [-0.1, -0.05) is 30.3 Å². The number of ether oxygens (including phenoxy) is 1. The number of rotatable bonds is 4. The first kappa shape index (κ1) is 12.5. The van der Waals surface area contributed by atoms with Crippen molar-refractivity contribution in [3.05, 3.63) is 35.9 Å². The summed E-state index contributed by atoms with van der Waals surface area (Å²) in [5.74, 6) is 0. The van der Waals surface area contributed by atoms with Crippen LogP contribution in [-0.4, -0.2) is 39.9 Å². The van der Waals surface area contributed by atoms with Crippen LogP contribution in [-0.2, 0) is 11.2 Å². The van der Waals surface area contributed by atoms with Gasteiger partial charge < -0.3 is 20.1 Å². The highest BCUT2D eigenvalue weighted by molar-refractivity contribution is 5.14. The van der Waals surface area contributed by atoms with E-state index in [1.807, 2.05) is 18.2 Å². The Balaban J connectivity index is 1.76. The molecule has 0 radical (unpaired) electrons. The molecule has 1 unspecified atom stereocenters. The second kappa shape index (κ2) is 5.60. The number of hydrogen-bond acceptors (Lipinski definition) is 4. The molecule has 94 valence electrons. The lowest BCUT2D eigenvalue weighted by atomic mass is 10.0. The first-order valence-electron chi connectivity index (χ1n) is 5.92. The third-order valence-electron chi connectivity index (χ3n) is 3.13. The van der Waals surface area contributed by atoms with Crippen LogP contribution in [0.3, 0.4) is 0 Å². The molecule has 2 rings (SSSR count). The lowest BCUT2D eigenvalue weighted by molar-refractivity contribution is -0.128. The molecule has 3 N–H and O–H groups in total. The van der Waals surface area contributed by atoms with Crippen molar-refractivity contribution in [3.63, 3.8) is 0 Å². The highest BCUT2D eigenvalue weighted by atomic mass is 16.6. The fraction of sp³-hybridized carbons (Fsp3) is 0.538. The van der Waals surface area contributed by atoms with E-state index in [4.69, 9.17) is 4.74 Å². The third-order valence-corrected chi connectivity index (χ3v) is 3.13. The van der Waals surface area contributed by atoms with Gasteiger partial charge in [0.2, 0.25) is 0 Å². The maximum atomic E-state index is 9.59. The van der Waals surface area contributed by atoms with Crippen LogP contribution in [0, 0.1) is 0 Å². The number of hydrogen-bond donors (Lipinski definition) is 3. The summed E-state index contributed by atoms with van der Waals surface area (Å²) in [6.45, 7) is 0. The van der Waals surface area contributed by atoms with Gasteiger partial charge in [0.05, 0.1) is 6.10 Å². The minimum Gasteiger partial charge on any atom is -0.387 e. The van der Waals surface area contributed by atoms with Crippen molar-refractivity contribution in [3.8, 4) is 0 Å². The van der Waals surface area contributed by atoms with Gasteiger partial charge in [-0.2, -0.15) is 0 Å². The van der Waals surface area contributed by atoms with E-state index in [1.54, 1.807) is 0 Å². The lowest BCUT2D eigenvalue weighted by Crippen LogP contribution is -2.32. The summed E-state index contributed by atoms with van der Waals surface area (Å²) in [6, 6.07) is 10.1. The first-order chi connectivity index (χ1) is 8.18. The second-order valence-corrected chi connectivity index (χ2v) is 4.42. The van der Waals surface area contributed by atoms with Crippen molar-refractivity contribution in [2.24, 2.45) is 0 Å². The van der Waals surface area contributed by atoms with Crippen LogP contribution in [0.2, 0.25) is 0 Å². The van der Waals surface area contributed by atoms with Gasteiger partial charge in [0.15, 0.2) is 6.29 Å². The van der Waals surface area contributed by atoms with E-state index in [0.29, 0.717) is 6.42 Å². The molecule has 1 aromatic rings. The molecular formula is C13H18O4. The maximum absolute atomic E-state index is 9.59.